The Labute approximate surface area is 179 Å². The smallest absolute Gasteiger partial charge is 0.260 e. The van der Waals surface area contributed by atoms with Gasteiger partial charge < -0.3 is 4.57 Å². The molecule has 1 amide bonds. The van der Waals surface area contributed by atoms with Crippen molar-refractivity contribution in [3.63, 3.8) is 0 Å². The van der Waals surface area contributed by atoms with Crippen molar-refractivity contribution >= 4 is 12.1 Å². The highest BCUT2D eigenvalue weighted by atomic mass is 16.2. The van der Waals surface area contributed by atoms with Crippen LogP contribution in [-0.2, 0) is 11.3 Å². The molecule has 0 bridgehead atoms. The predicted molar refractivity (Wildman–Crippen MR) is 120 cm³/mol. The first kappa shape index (κ1) is 20.0. The van der Waals surface area contributed by atoms with Crippen LogP contribution in [0.25, 0.3) is 16.9 Å². The van der Waals surface area contributed by atoms with Gasteiger partial charge in [0.25, 0.3) is 11.5 Å². The lowest BCUT2D eigenvalue weighted by Crippen LogP contribution is -2.28. The molecule has 2 aromatic carbocycles. The predicted octanol–water partition coefficient (Wildman–Crippen LogP) is 3.16. The highest BCUT2D eigenvalue weighted by Gasteiger charge is 2.11. The van der Waals surface area contributed by atoms with Crippen molar-refractivity contribution in [2.75, 3.05) is 0 Å². The molecular formula is C24H21N5O2. The number of hydrazone groups is 1. The summed E-state index contributed by atoms with van der Waals surface area (Å²) in [5.41, 5.74) is 6.75. The number of aryl methyl sites for hydroxylation is 1. The molecule has 0 unspecified atom stereocenters. The SMILES string of the molecule is Cc1cccc(-c2nn(-c3ccccc3)cc2/C=N\NC(=O)Cn2ccccc2=O)c1. The third-order valence-electron chi connectivity index (χ3n) is 4.66. The second kappa shape index (κ2) is 9.04. The normalized spacial score (nSPS) is 11.0. The number of hydrogen-bond donors (Lipinski definition) is 1. The van der Waals surface area contributed by atoms with Crippen LogP contribution in [0.5, 0.6) is 0 Å². The molecule has 0 spiro atoms. The molecule has 0 atom stereocenters. The zero-order valence-electron chi connectivity index (χ0n) is 17.0. The first-order valence-corrected chi connectivity index (χ1v) is 9.80. The number of rotatable bonds is 6. The minimum absolute atomic E-state index is 0.106. The van der Waals surface area contributed by atoms with Crippen LogP contribution in [0.4, 0.5) is 0 Å². The fourth-order valence-electron chi connectivity index (χ4n) is 3.17. The van der Waals surface area contributed by atoms with E-state index in [1.165, 1.54) is 10.6 Å². The Kier molecular flexibility index (Phi) is 5.84. The van der Waals surface area contributed by atoms with Gasteiger partial charge >= 0.3 is 0 Å². The average molecular weight is 411 g/mol. The molecule has 0 radical (unpaired) electrons. The first-order valence-electron chi connectivity index (χ1n) is 9.80. The molecule has 7 nitrogen and oxygen atoms in total. The number of hydrogen-bond acceptors (Lipinski definition) is 4. The van der Waals surface area contributed by atoms with E-state index in [2.05, 4.69) is 16.6 Å². The minimum Gasteiger partial charge on any atom is -0.306 e. The van der Waals surface area contributed by atoms with Gasteiger partial charge in [-0.15, -0.1) is 0 Å². The highest BCUT2D eigenvalue weighted by Crippen LogP contribution is 2.23. The molecule has 2 aromatic heterocycles. The maximum Gasteiger partial charge on any atom is 0.260 e. The van der Waals surface area contributed by atoms with E-state index >= 15 is 0 Å². The van der Waals surface area contributed by atoms with Gasteiger partial charge in [0.2, 0.25) is 0 Å². The van der Waals surface area contributed by atoms with Crippen LogP contribution in [0.1, 0.15) is 11.1 Å². The molecule has 1 N–H and O–H groups in total. The maximum atomic E-state index is 12.2. The Hall–Kier alpha value is -4.26. The number of carbonyl (C=O) groups is 1. The second-order valence-corrected chi connectivity index (χ2v) is 7.04. The van der Waals surface area contributed by atoms with E-state index in [9.17, 15) is 9.59 Å². The number of nitrogens with one attached hydrogen (secondary N) is 1. The van der Waals surface area contributed by atoms with Gasteiger partial charge in [0, 0.05) is 29.6 Å². The van der Waals surface area contributed by atoms with Crippen LogP contribution in [0.3, 0.4) is 0 Å². The largest absolute Gasteiger partial charge is 0.306 e. The summed E-state index contributed by atoms with van der Waals surface area (Å²) in [5.74, 6) is -0.392. The van der Waals surface area contributed by atoms with E-state index < -0.39 is 5.91 Å². The van der Waals surface area contributed by atoms with Crippen LogP contribution in [-0.4, -0.2) is 26.5 Å². The van der Waals surface area contributed by atoms with Gasteiger partial charge in [-0.05, 0) is 31.2 Å². The zero-order valence-corrected chi connectivity index (χ0v) is 17.0. The molecule has 0 saturated heterocycles. The molecule has 7 heteroatoms. The Bertz CT molecular complexity index is 1290. The fraction of sp³-hybridized carbons (Fsp3) is 0.0833. The monoisotopic (exact) mass is 411 g/mol. The van der Waals surface area contributed by atoms with Crippen molar-refractivity contribution in [2.24, 2.45) is 5.10 Å². The van der Waals surface area contributed by atoms with Crippen molar-refractivity contribution in [3.8, 4) is 16.9 Å². The lowest BCUT2D eigenvalue weighted by Gasteiger charge is -2.03. The summed E-state index contributed by atoms with van der Waals surface area (Å²) in [4.78, 5) is 23.9. The molecule has 31 heavy (non-hydrogen) atoms. The fourth-order valence-corrected chi connectivity index (χ4v) is 3.17. The van der Waals surface area contributed by atoms with Gasteiger partial charge in [-0.2, -0.15) is 10.2 Å². The van der Waals surface area contributed by atoms with Crippen LogP contribution >= 0.6 is 0 Å². The third kappa shape index (κ3) is 4.84. The van der Waals surface area contributed by atoms with Gasteiger partial charge in [-0.3, -0.25) is 9.59 Å². The van der Waals surface area contributed by atoms with Gasteiger partial charge in [0.15, 0.2) is 0 Å². The molecule has 2 heterocycles. The van der Waals surface area contributed by atoms with Crippen molar-refractivity contribution in [2.45, 2.75) is 13.5 Å². The molecule has 4 rings (SSSR count). The maximum absolute atomic E-state index is 12.2. The Balaban J connectivity index is 1.59. The Morgan fingerprint density at radius 2 is 1.87 bits per heavy atom. The molecule has 0 saturated carbocycles. The lowest BCUT2D eigenvalue weighted by molar-refractivity contribution is -0.121. The quantitative estimate of drug-likeness (QED) is 0.391. The second-order valence-electron chi connectivity index (χ2n) is 7.04. The summed E-state index contributed by atoms with van der Waals surface area (Å²) >= 11 is 0. The van der Waals surface area contributed by atoms with Crippen molar-refractivity contribution in [1.82, 2.24) is 19.8 Å². The highest BCUT2D eigenvalue weighted by molar-refractivity contribution is 5.89. The van der Waals surface area contributed by atoms with E-state index in [1.807, 2.05) is 61.7 Å². The van der Waals surface area contributed by atoms with Gasteiger partial charge in [0.1, 0.15) is 12.2 Å². The standard InChI is InChI=1S/C24H21N5O2/c1-18-8-7-9-19(14-18)24-20(16-29(27-24)21-10-3-2-4-11-21)15-25-26-22(30)17-28-13-6-5-12-23(28)31/h2-16H,17H2,1H3,(H,26,30)/b25-15-. The van der Waals surface area contributed by atoms with Crippen LogP contribution < -0.4 is 11.0 Å². The van der Waals surface area contributed by atoms with Crippen LogP contribution in [0, 0.1) is 6.92 Å². The molecule has 154 valence electrons. The summed E-state index contributed by atoms with van der Waals surface area (Å²) in [6.45, 7) is 1.92. The molecule has 0 aliphatic rings. The number of aromatic nitrogens is 3. The van der Waals surface area contributed by atoms with E-state index in [-0.39, 0.29) is 12.1 Å². The van der Waals surface area contributed by atoms with Crippen molar-refractivity contribution in [3.05, 3.63) is 107 Å². The van der Waals surface area contributed by atoms with Gasteiger partial charge in [-0.25, -0.2) is 10.1 Å². The lowest BCUT2D eigenvalue weighted by atomic mass is 10.1. The molecule has 0 aliphatic carbocycles. The minimum atomic E-state index is -0.392. The van der Waals surface area contributed by atoms with E-state index in [1.54, 1.807) is 29.2 Å². The Morgan fingerprint density at radius 1 is 1.06 bits per heavy atom. The topological polar surface area (TPSA) is 81.3 Å². The number of amides is 1. The van der Waals surface area contributed by atoms with E-state index in [0.717, 1.165) is 28.1 Å². The summed E-state index contributed by atoms with van der Waals surface area (Å²) in [7, 11) is 0. The summed E-state index contributed by atoms with van der Waals surface area (Å²) < 4.78 is 3.10. The van der Waals surface area contributed by atoms with Crippen LogP contribution in [0.15, 0.2) is 95.1 Å². The summed E-state index contributed by atoms with van der Waals surface area (Å²) in [5, 5.41) is 8.83. The molecule has 4 aromatic rings. The summed E-state index contributed by atoms with van der Waals surface area (Å²) in [6, 6.07) is 22.6. The summed E-state index contributed by atoms with van der Waals surface area (Å²) in [6.07, 6.45) is 4.99. The number of pyridine rings is 1. The van der Waals surface area contributed by atoms with E-state index in [0.29, 0.717) is 0 Å². The van der Waals surface area contributed by atoms with Gasteiger partial charge in [-0.1, -0.05) is 48.0 Å². The molecule has 0 aliphatic heterocycles. The number of para-hydroxylation sites is 1. The van der Waals surface area contributed by atoms with Gasteiger partial charge in [0.05, 0.1) is 11.9 Å². The Morgan fingerprint density at radius 3 is 2.65 bits per heavy atom. The van der Waals surface area contributed by atoms with Crippen LogP contribution in [0.2, 0.25) is 0 Å². The molecule has 0 fully saturated rings. The first-order chi connectivity index (χ1) is 15.1. The third-order valence-corrected chi connectivity index (χ3v) is 4.66. The number of benzene rings is 2. The zero-order chi connectivity index (χ0) is 21.6. The molecular weight excluding hydrogens is 390 g/mol. The van der Waals surface area contributed by atoms with Crippen molar-refractivity contribution < 1.29 is 4.79 Å². The van der Waals surface area contributed by atoms with Crippen molar-refractivity contribution in [1.29, 1.82) is 0 Å². The average Bonchev–Trinajstić information content (AvgIpc) is 3.20. The van der Waals surface area contributed by atoms with E-state index in [4.69, 9.17) is 5.10 Å². The number of carbonyl (C=O) groups excluding carboxylic acids is 1. The number of nitrogens with zero attached hydrogens (tertiary/aromatic N) is 4.